The van der Waals surface area contributed by atoms with Crippen LogP contribution in [-0.4, -0.2) is 63.7 Å². The van der Waals surface area contributed by atoms with E-state index in [0.29, 0.717) is 6.61 Å². The van der Waals surface area contributed by atoms with Crippen molar-refractivity contribution >= 4 is 5.96 Å². The van der Waals surface area contributed by atoms with Gasteiger partial charge in [0.25, 0.3) is 0 Å². The van der Waals surface area contributed by atoms with Crippen LogP contribution in [0.15, 0.2) is 23.5 Å². The van der Waals surface area contributed by atoms with Crippen molar-refractivity contribution in [3.63, 3.8) is 0 Å². The fourth-order valence-electron chi connectivity index (χ4n) is 3.31. The van der Waals surface area contributed by atoms with E-state index < -0.39 is 0 Å². The summed E-state index contributed by atoms with van der Waals surface area (Å²) in [5.74, 6) is 0.926. The molecule has 1 aliphatic heterocycles. The molecule has 0 bridgehead atoms. The number of aliphatic imine (C=N–C) groups is 1. The fourth-order valence-corrected chi connectivity index (χ4v) is 3.31. The van der Waals surface area contributed by atoms with E-state index in [9.17, 15) is 0 Å². The Bertz CT molecular complexity index is 749. The van der Waals surface area contributed by atoms with Crippen molar-refractivity contribution in [1.82, 2.24) is 29.8 Å². The highest BCUT2D eigenvalue weighted by Gasteiger charge is 2.24. The normalized spacial score (nSPS) is 18.4. The summed E-state index contributed by atoms with van der Waals surface area (Å²) >= 11 is 0. The van der Waals surface area contributed by atoms with E-state index in [1.54, 1.807) is 0 Å². The van der Waals surface area contributed by atoms with Crippen molar-refractivity contribution < 1.29 is 4.74 Å². The average molecular weight is 359 g/mol. The highest BCUT2D eigenvalue weighted by Crippen LogP contribution is 2.21. The van der Waals surface area contributed by atoms with E-state index in [0.717, 1.165) is 49.8 Å². The number of hydrogen-bond donors (Lipinski definition) is 1. The Morgan fingerprint density at radius 2 is 2.27 bits per heavy atom. The summed E-state index contributed by atoms with van der Waals surface area (Å²) in [5.41, 5.74) is 3.39. The predicted molar refractivity (Wildman–Crippen MR) is 101 cm³/mol. The van der Waals surface area contributed by atoms with Gasteiger partial charge < -0.3 is 15.0 Å². The Hall–Kier alpha value is -2.35. The Balaban J connectivity index is 1.49. The van der Waals surface area contributed by atoms with Gasteiger partial charge in [0.05, 0.1) is 25.0 Å². The molecule has 0 amide bonds. The van der Waals surface area contributed by atoms with Gasteiger partial charge in [-0.1, -0.05) is 0 Å². The third kappa shape index (κ3) is 4.43. The molecule has 26 heavy (non-hydrogen) atoms. The van der Waals surface area contributed by atoms with Crippen LogP contribution in [0, 0.1) is 13.8 Å². The molecule has 1 fully saturated rings. The van der Waals surface area contributed by atoms with Gasteiger partial charge in [-0.2, -0.15) is 10.2 Å². The highest BCUT2D eigenvalue weighted by molar-refractivity contribution is 5.80. The molecular formula is C18H29N7O. The molecule has 1 N–H and O–H groups in total. The summed E-state index contributed by atoms with van der Waals surface area (Å²) < 4.78 is 9.78. The molecule has 0 aromatic carbocycles. The summed E-state index contributed by atoms with van der Waals surface area (Å²) in [6, 6.07) is 2.11. The van der Waals surface area contributed by atoms with Crippen LogP contribution in [-0.2, 0) is 18.3 Å². The molecule has 1 atom stereocenters. The van der Waals surface area contributed by atoms with Crippen LogP contribution in [0.3, 0.4) is 0 Å². The third-order valence-electron chi connectivity index (χ3n) is 4.61. The van der Waals surface area contributed by atoms with Crippen molar-refractivity contribution in [3.05, 3.63) is 35.4 Å². The van der Waals surface area contributed by atoms with Crippen molar-refractivity contribution in [2.24, 2.45) is 12.0 Å². The maximum atomic E-state index is 5.91. The standard InChI is InChI=1S/C18H29N7O/c1-14-10-15(2)25(22-14)7-5-6-20-18(19-3)24-8-9-26-17(13-24)16-11-21-23(4)12-16/h10-12,17H,5-9,13H2,1-4H3,(H,19,20). The molecule has 142 valence electrons. The van der Waals surface area contributed by atoms with Gasteiger partial charge in [0.1, 0.15) is 6.10 Å². The largest absolute Gasteiger partial charge is 0.370 e. The number of ether oxygens (including phenoxy) is 1. The first-order valence-electron chi connectivity index (χ1n) is 9.13. The van der Waals surface area contributed by atoms with E-state index in [1.807, 2.05) is 38.1 Å². The second-order valence-electron chi connectivity index (χ2n) is 6.73. The van der Waals surface area contributed by atoms with Crippen molar-refractivity contribution in [2.75, 3.05) is 33.3 Å². The zero-order valence-electron chi connectivity index (χ0n) is 16.1. The molecule has 1 unspecified atom stereocenters. The zero-order valence-corrected chi connectivity index (χ0v) is 16.1. The number of aryl methyl sites for hydroxylation is 4. The van der Waals surface area contributed by atoms with Crippen LogP contribution in [0.5, 0.6) is 0 Å². The number of aromatic nitrogens is 4. The van der Waals surface area contributed by atoms with Crippen LogP contribution in [0.2, 0.25) is 0 Å². The van der Waals surface area contributed by atoms with Crippen LogP contribution in [0.25, 0.3) is 0 Å². The number of morpholine rings is 1. The molecule has 0 spiro atoms. The lowest BCUT2D eigenvalue weighted by Crippen LogP contribution is -2.48. The second-order valence-corrected chi connectivity index (χ2v) is 6.73. The first-order valence-corrected chi connectivity index (χ1v) is 9.13. The van der Waals surface area contributed by atoms with Gasteiger partial charge in [-0.25, -0.2) is 0 Å². The van der Waals surface area contributed by atoms with E-state index in [2.05, 4.69) is 43.1 Å². The number of guanidine groups is 1. The number of nitrogens with zero attached hydrogens (tertiary/aromatic N) is 6. The second kappa shape index (κ2) is 8.35. The summed E-state index contributed by atoms with van der Waals surface area (Å²) in [7, 11) is 3.76. The van der Waals surface area contributed by atoms with Gasteiger partial charge in [-0.05, 0) is 26.3 Å². The Labute approximate surface area is 154 Å². The maximum absolute atomic E-state index is 5.91. The summed E-state index contributed by atoms with van der Waals surface area (Å²) in [6.07, 6.45) is 4.92. The first-order chi connectivity index (χ1) is 12.6. The van der Waals surface area contributed by atoms with Gasteiger partial charge in [0, 0.05) is 51.2 Å². The Kier molecular flexibility index (Phi) is 5.92. The molecule has 3 rings (SSSR count). The quantitative estimate of drug-likeness (QED) is 0.494. The molecule has 2 aromatic rings. The van der Waals surface area contributed by atoms with Crippen LogP contribution in [0.4, 0.5) is 0 Å². The lowest BCUT2D eigenvalue weighted by molar-refractivity contribution is -0.00802. The molecule has 1 aliphatic rings. The zero-order chi connectivity index (χ0) is 18.5. The Morgan fingerprint density at radius 1 is 1.42 bits per heavy atom. The van der Waals surface area contributed by atoms with E-state index in [1.165, 1.54) is 5.69 Å². The fraction of sp³-hybridized carbons (Fsp3) is 0.611. The van der Waals surface area contributed by atoms with Gasteiger partial charge >= 0.3 is 0 Å². The third-order valence-corrected chi connectivity index (χ3v) is 4.61. The lowest BCUT2D eigenvalue weighted by Gasteiger charge is -2.34. The van der Waals surface area contributed by atoms with E-state index in [-0.39, 0.29) is 6.10 Å². The number of nitrogens with one attached hydrogen (secondary N) is 1. The number of rotatable bonds is 5. The molecule has 8 heteroatoms. The molecule has 3 heterocycles. The van der Waals surface area contributed by atoms with Gasteiger partial charge in [-0.15, -0.1) is 0 Å². The monoisotopic (exact) mass is 359 g/mol. The first kappa shape index (κ1) is 18.4. The molecule has 8 nitrogen and oxygen atoms in total. The van der Waals surface area contributed by atoms with Crippen molar-refractivity contribution in [3.8, 4) is 0 Å². The highest BCUT2D eigenvalue weighted by atomic mass is 16.5. The van der Waals surface area contributed by atoms with Gasteiger partial charge in [0.15, 0.2) is 5.96 Å². The molecule has 0 saturated carbocycles. The van der Waals surface area contributed by atoms with Gasteiger partial charge in [0.2, 0.25) is 0 Å². The Morgan fingerprint density at radius 3 is 2.92 bits per heavy atom. The molecule has 0 radical (unpaired) electrons. The predicted octanol–water partition coefficient (Wildman–Crippen LogP) is 1.27. The average Bonchev–Trinajstić information content (AvgIpc) is 3.20. The van der Waals surface area contributed by atoms with Crippen LogP contribution in [0.1, 0.15) is 29.5 Å². The van der Waals surface area contributed by atoms with Crippen molar-refractivity contribution in [2.45, 2.75) is 32.9 Å². The summed E-state index contributed by atoms with van der Waals surface area (Å²) in [5, 5.41) is 12.2. The molecule has 0 aliphatic carbocycles. The minimum atomic E-state index is 0.0331. The maximum Gasteiger partial charge on any atom is 0.193 e. The summed E-state index contributed by atoms with van der Waals surface area (Å²) in [6.45, 7) is 8.20. The van der Waals surface area contributed by atoms with E-state index >= 15 is 0 Å². The minimum absolute atomic E-state index is 0.0331. The van der Waals surface area contributed by atoms with Crippen LogP contribution >= 0.6 is 0 Å². The van der Waals surface area contributed by atoms with Gasteiger partial charge in [-0.3, -0.25) is 14.4 Å². The molecular weight excluding hydrogens is 330 g/mol. The minimum Gasteiger partial charge on any atom is -0.370 e. The smallest absolute Gasteiger partial charge is 0.193 e. The SMILES string of the molecule is CN=C(NCCCn1nc(C)cc1C)N1CCOC(c2cnn(C)c2)C1. The summed E-state index contributed by atoms with van der Waals surface area (Å²) in [4.78, 5) is 6.70. The van der Waals surface area contributed by atoms with Crippen LogP contribution < -0.4 is 5.32 Å². The van der Waals surface area contributed by atoms with E-state index in [4.69, 9.17) is 4.74 Å². The topological polar surface area (TPSA) is 72.5 Å². The lowest BCUT2D eigenvalue weighted by atomic mass is 10.1. The molecule has 2 aromatic heterocycles. The molecule has 1 saturated heterocycles. The number of hydrogen-bond acceptors (Lipinski definition) is 4. The van der Waals surface area contributed by atoms with Crippen molar-refractivity contribution in [1.29, 1.82) is 0 Å².